The molecule has 0 aromatic heterocycles. The molecule has 2 amide bonds. The van der Waals surface area contributed by atoms with E-state index in [-0.39, 0.29) is 12.6 Å². The molecular weight excluding hydrogens is 392 g/mol. The SMILES string of the molecule is CC(C)(C)OC(=O)NC(CCNC(=O)OCc1ccccc1)c1cccc(Cl)c1. The summed E-state index contributed by atoms with van der Waals surface area (Å²) in [5.41, 5.74) is 1.12. The van der Waals surface area contributed by atoms with E-state index in [1.165, 1.54) is 0 Å². The van der Waals surface area contributed by atoms with Gasteiger partial charge in [-0.25, -0.2) is 9.59 Å². The van der Waals surface area contributed by atoms with Crippen LogP contribution in [0.5, 0.6) is 0 Å². The number of nitrogens with one attached hydrogen (secondary N) is 2. The molecule has 0 saturated heterocycles. The summed E-state index contributed by atoms with van der Waals surface area (Å²) in [5.74, 6) is 0. The topological polar surface area (TPSA) is 76.7 Å². The van der Waals surface area contributed by atoms with E-state index in [4.69, 9.17) is 21.1 Å². The molecule has 1 atom stereocenters. The number of carbonyl (C=O) groups excluding carboxylic acids is 2. The van der Waals surface area contributed by atoms with Gasteiger partial charge in [0.15, 0.2) is 0 Å². The van der Waals surface area contributed by atoms with Crippen molar-refractivity contribution in [2.75, 3.05) is 6.54 Å². The zero-order valence-electron chi connectivity index (χ0n) is 16.9. The van der Waals surface area contributed by atoms with Crippen LogP contribution in [0.15, 0.2) is 54.6 Å². The molecule has 0 bridgehead atoms. The second-order valence-electron chi connectivity index (χ2n) is 7.53. The summed E-state index contributed by atoms with van der Waals surface area (Å²) >= 11 is 6.08. The maximum absolute atomic E-state index is 12.2. The van der Waals surface area contributed by atoms with Gasteiger partial charge in [0.05, 0.1) is 6.04 Å². The third kappa shape index (κ3) is 8.87. The molecule has 7 heteroatoms. The highest BCUT2D eigenvalue weighted by Gasteiger charge is 2.21. The van der Waals surface area contributed by atoms with Gasteiger partial charge in [-0.1, -0.05) is 54.1 Å². The highest BCUT2D eigenvalue weighted by molar-refractivity contribution is 6.30. The number of amides is 2. The largest absolute Gasteiger partial charge is 0.445 e. The van der Waals surface area contributed by atoms with Crippen molar-refractivity contribution in [3.8, 4) is 0 Å². The Bertz CT molecular complexity index is 806. The lowest BCUT2D eigenvalue weighted by atomic mass is 10.0. The fraction of sp³-hybridized carbons (Fsp3) is 0.364. The fourth-order valence-corrected chi connectivity index (χ4v) is 2.79. The number of rotatable bonds is 7. The van der Waals surface area contributed by atoms with Gasteiger partial charge >= 0.3 is 12.2 Å². The van der Waals surface area contributed by atoms with Crippen LogP contribution in [0.2, 0.25) is 5.02 Å². The average Bonchev–Trinajstić information content (AvgIpc) is 2.65. The summed E-state index contributed by atoms with van der Waals surface area (Å²) in [6, 6.07) is 16.3. The predicted molar refractivity (Wildman–Crippen MR) is 113 cm³/mol. The highest BCUT2D eigenvalue weighted by Crippen LogP contribution is 2.21. The van der Waals surface area contributed by atoms with Crippen molar-refractivity contribution in [2.45, 2.75) is 45.4 Å². The Kier molecular flexibility index (Phi) is 8.34. The van der Waals surface area contributed by atoms with Gasteiger partial charge in [-0.3, -0.25) is 0 Å². The third-order valence-corrected chi connectivity index (χ3v) is 4.09. The highest BCUT2D eigenvalue weighted by atomic mass is 35.5. The molecule has 0 fully saturated rings. The van der Waals surface area contributed by atoms with Crippen LogP contribution in [0, 0.1) is 0 Å². The van der Waals surface area contributed by atoms with Crippen molar-refractivity contribution in [2.24, 2.45) is 0 Å². The summed E-state index contributed by atoms with van der Waals surface area (Å²) in [6.45, 7) is 5.89. The number of halogens is 1. The molecule has 0 spiro atoms. The van der Waals surface area contributed by atoms with E-state index in [0.29, 0.717) is 18.0 Å². The van der Waals surface area contributed by atoms with Gasteiger partial charge in [0.1, 0.15) is 12.2 Å². The lowest BCUT2D eigenvalue weighted by molar-refractivity contribution is 0.0501. The monoisotopic (exact) mass is 418 g/mol. The van der Waals surface area contributed by atoms with Gasteiger partial charge in [-0.05, 0) is 50.5 Å². The maximum Gasteiger partial charge on any atom is 0.408 e. The molecule has 0 aliphatic heterocycles. The van der Waals surface area contributed by atoms with E-state index in [9.17, 15) is 9.59 Å². The third-order valence-electron chi connectivity index (χ3n) is 3.86. The van der Waals surface area contributed by atoms with E-state index >= 15 is 0 Å². The molecule has 0 heterocycles. The van der Waals surface area contributed by atoms with Crippen molar-refractivity contribution < 1.29 is 19.1 Å². The van der Waals surface area contributed by atoms with E-state index in [2.05, 4.69) is 10.6 Å². The number of hydrogen-bond donors (Lipinski definition) is 2. The Hall–Kier alpha value is -2.73. The van der Waals surface area contributed by atoms with E-state index < -0.39 is 17.8 Å². The Morgan fingerprint density at radius 1 is 1.03 bits per heavy atom. The molecule has 0 aliphatic carbocycles. The number of alkyl carbamates (subject to hydrolysis) is 2. The summed E-state index contributed by atoms with van der Waals surface area (Å²) < 4.78 is 10.5. The fourth-order valence-electron chi connectivity index (χ4n) is 2.59. The van der Waals surface area contributed by atoms with Gasteiger partial charge in [0.25, 0.3) is 0 Å². The smallest absolute Gasteiger partial charge is 0.408 e. The molecule has 2 rings (SSSR count). The molecule has 6 nitrogen and oxygen atoms in total. The lowest BCUT2D eigenvalue weighted by Gasteiger charge is -2.24. The quantitative estimate of drug-likeness (QED) is 0.646. The van der Waals surface area contributed by atoms with Crippen LogP contribution >= 0.6 is 11.6 Å². The first-order chi connectivity index (χ1) is 13.7. The van der Waals surface area contributed by atoms with Crippen LogP contribution in [0.3, 0.4) is 0 Å². The van der Waals surface area contributed by atoms with Crippen LogP contribution < -0.4 is 10.6 Å². The van der Waals surface area contributed by atoms with Gasteiger partial charge < -0.3 is 20.1 Å². The Morgan fingerprint density at radius 2 is 1.76 bits per heavy atom. The average molecular weight is 419 g/mol. The molecule has 29 heavy (non-hydrogen) atoms. The molecule has 0 saturated carbocycles. The number of benzene rings is 2. The Morgan fingerprint density at radius 3 is 2.41 bits per heavy atom. The Labute approximate surface area is 176 Å². The first kappa shape index (κ1) is 22.6. The predicted octanol–water partition coefficient (Wildman–Crippen LogP) is 5.22. The van der Waals surface area contributed by atoms with Crippen LogP contribution in [-0.4, -0.2) is 24.3 Å². The first-order valence-corrected chi connectivity index (χ1v) is 9.80. The maximum atomic E-state index is 12.2. The minimum absolute atomic E-state index is 0.195. The molecule has 0 aliphatic rings. The minimum Gasteiger partial charge on any atom is -0.445 e. The molecule has 0 radical (unpaired) electrons. The van der Waals surface area contributed by atoms with Crippen LogP contribution in [0.4, 0.5) is 9.59 Å². The first-order valence-electron chi connectivity index (χ1n) is 9.42. The van der Waals surface area contributed by atoms with Crippen LogP contribution in [0.1, 0.15) is 44.4 Å². The number of ether oxygens (including phenoxy) is 2. The van der Waals surface area contributed by atoms with Crippen molar-refractivity contribution in [1.29, 1.82) is 0 Å². The van der Waals surface area contributed by atoms with Gasteiger partial charge in [0.2, 0.25) is 0 Å². The zero-order chi connectivity index (χ0) is 21.3. The van der Waals surface area contributed by atoms with Gasteiger partial charge in [-0.15, -0.1) is 0 Å². The number of hydrogen-bond acceptors (Lipinski definition) is 4. The van der Waals surface area contributed by atoms with Crippen molar-refractivity contribution >= 4 is 23.8 Å². The molecule has 2 N–H and O–H groups in total. The lowest BCUT2D eigenvalue weighted by Crippen LogP contribution is -2.36. The van der Waals surface area contributed by atoms with Crippen LogP contribution in [0.25, 0.3) is 0 Å². The second-order valence-corrected chi connectivity index (χ2v) is 7.97. The molecule has 1 unspecified atom stereocenters. The van der Waals surface area contributed by atoms with E-state index in [0.717, 1.165) is 11.1 Å². The molecule has 2 aromatic carbocycles. The van der Waals surface area contributed by atoms with Crippen molar-refractivity contribution in [3.05, 3.63) is 70.7 Å². The second kappa shape index (κ2) is 10.7. The van der Waals surface area contributed by atoms with Crippen molar-refractivity contribution in [1.82, 2.24) is 10.6 Å². The Balaban J connectivity index is 1.89. The summed E-state index contributed by atoms with van der Waals surface area (Å²) in [5, 5.41) is 6.10. The molecular formula is C22H27ClN2O4. The van der Waals surface area contributed by atoms with Crippen LogP contribution in [-0.2, 0) is 16.1 Å². The van der Waals surface area contributed by atoms with E-state index in [1.807, 2.05) is 42.5 Å². The van der Waals surface area contributed by atoms with Crippen molar-refractivity contribution in [3.63, 3.8) is 0 Å². The van der Waals surface area contributed by atoms with Gasteiger partial charge in [-0.2, -0.15) is 0 Å². The zero-order valence-corrected chi connectivity index (χ0v) is 17.7. The minimum atomic E-state index is -0.609. The summed E-state index contributed by atoms with van der Waals surface area (Å²) in [4.78, 5) is 24.1. The normalized spacial score (nSPS) is 12.0. The van der Waals surface area contributed by atoms with Gasteiger partial charge in [0, 0.05) is 11.6 Å². The summed E-state index contributed by atoms with van der Waals surface area (Å²) in [7, 11) is 0. The summed E-state index contributed by atoms with van der Waals surface area (Å²) in [6.07, 6.45) is -0.606. The van der Waals surface area contributed by atoms with E-state index in [1.54, 1.807) is 32.9 Å². The number of carbonyl (C=O) groups is 2. The molecule has 2 aromatic rings. The molecule has 156 valence electrons. The standard InChI is InChI=1S/C22H27ClN2O4/c1-22(2,3)29-21(27)25-19(17-10-7-11-18(23)14-17)12-13-24-20(26)28-15-16-8-5-4-6-9-16/h4-11,14,19H,12-13,15H2,1-3H3,(H,24,26)(H,25,27).